The molecule has 3 aliphatic carbocycles. The summed E-state index contributed by atoms with van der Waals surface area (Å²) in [4.78, 5) is 91.3. The Hall–Kier alpha value is -3.99. The van der Waals surface area contributed by atoms with Crippen molar-refractivity contribution in [1.29, 1.82) is 0 Å². The Bertz CT molecular complexity index is 1670. The van der Waals surface area contributed by atoms with Gasteiger partial charge in [0.2, 0.25) is 6.10 Å². The Morgan fingerprint density at radius 3 is 2.25 bits per heavy atom. The summed E-state index contributed by atoms with van der Waals surface area (Å²) in [6, 6.07) is 0. The number of hydrogen-bond acceptors (Lipinski definition) is 15. The maximum atomic E-state index is 13.8. The van der Waals surface area contributed by atoms with Gasteiger partial charge >= 0.3 is 23.9 Å². The van der Waals surface area contributed by atoms with Crippen LogP contribution in [0.3, 0.4) is 0 Å². The molecule has 2 bridgehead atoms. The second-order valence-corrected chi connectivity index (χ2v) is 16.3. The lowest BCUT2D eigenvalue weighted by atomic mass is 9.38. The van der Waals surface area contributed by atoms with Crippen LogP contribution in [-0.2, 0) is 57.2 Å². The van der Waals surface area contributed by atoms with Crippen LogP contribution in [0, 0.1) is 46.3 Å². The number of carbonyl (C=O) groups excluding carboxylic acids is 7. The van der Waals surface area contributed by atoms with Crippen LogP contribution in [0.4, 0.5) is 0 Å². The van der Waals surface area contributed by atoms with Crippen molar-refractivity contribution in [2.24, 2.45) is 46.3 Å². The first kappa shape index (κ1) is 38.7. The summed E-state index contributed by atoms with van der Waals surface area (Å²) in [7, 11) is 0. The number of imide groups is 1. The van der Waals surface area contributed by atoms with Gasteiger partial charge in [-0.2, -0.15) is 0 Å². The van der Waals surface area contributed by atoms with E-state index < -0.39 is 131 Å². The number of rotatable bonds is 10. The minimum absolute atomic E-state index is 0.0935. The quantitative estimate of drug-likeness (QED) is 0.120. The van der Waals surface area contributed by atoms with Gasteiger partial charge in [-0.15, -0.1) is 0 Å². The fraction of sp³-hybridized carbons (Fsp3) is 0.703. The summed E-state index contributed by atoms with van der Waals surface area (Å²) in [5, 5.41) is 35.5. The van der Waals surface area contributed by atoms with Crippen molar-refractivity contribution >= 4 is 41.5 Å². The minimum atomic E-state index is -2.35. The number of allylic oxidation sites excluding steroid dienone is 1. The normalized spacial score (nSPS) is 38.7. The average Bonchev–Trinajstić information content (AvgIpc) is 3.55. The minimum Gasteiger partial charge on any atom is -0.459 e. The molecule has 3 aliphatic heterocycles. The molecule has 6 rings (SSSR count). The molecule has 4 fully saturated rings. The van der Waals surface area contributed by atoms with Crippen molar-refractivity contribution in [3.63, 3.8) is 0 Å². The van der Waals surface area contributed by atoms with Crippen LogP contribution in [0.1, 0.15) is 67.7 Å². The summed E-state index contributed by atoms with van der Waals surface area (Å²) in [6.07, 6.45) is -3.91. The van der Waals surface area contributed by atoms with E-state index in [4.69, 9.17) is 23.7 Å². The smallest absolute Gasteiger partial charge is 0.348 e. The standard InChI is InChI=1S/C37H47NO15/c1-16(2)36(47,17(3)4)13-27(44)52-29-28-19(6)30(45)37(48)33-34(7)20(11-22(51-32(29)46)35(28,33)14-50-37)18(5)10-21(39)31(34)53-26(43)12-25(42)49-15-38-23(40)8-9-24(38)41/h8-10,16-17,19-20,22,28-31,33,45,47-48H,11-15H2,1-7H3/t19-,20+,22?,28?,29?,30-,31-,33?,34-,35+,37?/m1/s1. The van der Waals surface area contributed by atoms with E-state index in [-0.39, 0.29) is 24.9 Å². The maximum absolute atomic E-state index is 13.8. The van der Waals surface area contributed by atoms with Crippen LogP contribution >= 0.6 is 0 Å². The van der Waals surface area contributed by atoms with Gasteiger partial charge in [0, 0.05) is 34.8 Å². The predicted octanol–water partition coefficient (Wildman–Crippen LogP) is 0.488. The second-order valence-electron chi connectivity index (χ2n) is 16.3. The highest BCUT2D eigenvalue weighted by Gasteiger charge is 2.84. The number of aliphatic hydroxyl groups is 3. The summed E-state index contributed by atoms with van der Waals surface area (Å²) < 4.78 is 28.7. The molecule has 290 valence electrons. The highest BCUT2D eigenvalue weighted by atomic mass is 16.7. The van der Waals surface area contributed by atoms with Crippen molar-refractivity contribution in [3.8, 4) is 0 Å². The number of ether oxygens (including phenoxy) is 5. The van der Waals surface area contributed by atoms with E-state index in [1.165, 1.54) is 6.08 Å². The van der Waals surface area contributed by atoms with Gasteiger partial charge in [-0.3, -0.25) is 28.8 Å². The maximum Gasteiger partial charge on any atom is 0.348 e. The Kier molecular flexibility index (Phi) is 9.57. The molecule has 6 aliphatic rings. The first-order valence-corrected chi connectivity index (χ1v) is 17.9. The molecule has 2 saturated heterocycles. The van der Waals surface area contributed by atoms with Gasteiger partial charge in [0.15, 0.2) is 24.4 Å². The van der Waals surface area contributed by atoms with Gasteiger partial charge in [0.1, 0.15) is 18.6 Å². The van der Waals surface area contributed by atoms with Crippen LogP contribution in [0.15, 0.2) is 23.8 Å². The van der Waals surface area contributed by atoms with E-state index >= 15 is 0 Å². The van der Waals surface area contributed by atoms with E-state index in [1.807, 2.05) is 0 Å². The highest BCUT2D eigenvalue weighted by molar-refractivity contribution is 6.12. The third-order valence-corrected chi connectivity index (χ3v) is 13.1. The molecule has 16 nitrogen and oxygen atoms in total. The molecule has 3 N–H and O–H groups in total. The summed E-state index contributed by atoms with van der Waals surface area (Å²) in [6.45, 7) is 10.9. The molecule has 2 amide bonds. The lowest BCUT2D eigenvalue weighted by Gasteiger charge is -2.68. The number of esters is 4. The van der Waals surface area contributed by atoms with Crippen molar-refractivity contribution in [2.75, 3.05) is 13.3 Å². The zero-order chi connectivity index (χ0) is 39.2. The van der Waals surface area contributed by atoms with Gasteiger partial charge in [0.25, 0.3) is 11.8 Å². The Balaban J connectivity index is 1.33. The molecule has 5 unspecified atom stereocenters. The zero-order valence-corrected chi connectivity index (χ0v) is 30.7. The molecular weight excluding hydrogens is 698 g/mol. The Morgan fingerprint density at radius 1 is 1.02 bits per heavy atom. The lowest BCUT2D eigenvalue weighted by Crippen LogP contribution is -2.78. The first-order chi connectivity index (χ1) is 24.6. The van der Waals surface area contributed by atoms with Crippen molar-refractivity contribution in [1.82, 2.24) is 4.90 Å². The van der Waals surface area contributed by atoms with Gasteiger partial charge in [-0.1, -0.05) is 47.1 Å². The van der Waals surface area contributed by atoms with Crippen LogP contribution in [0.5, 0.6) is 0 Å². The Morgan fingerprint density at radius 2 is 1.64 bits per heavy atom. The Labute approximate surface area is 305 Å². The van der Waals surface area contributed by atoms with Gasteiger partial charge in [-0.05, 0) is 43.1 Å². The van der Waals surface area contributed by atoms with Gasteiger partial charge in [-0.25, -0.2) is 9.69 Å². The van der Waals surface area contributed by atoms with Crippen LogP contribution in [-0.4, -0.2) is 111 Å². The number of fused-ring (bicyclic) bond motifs is 1. The molecule has 1 spiro atoms. The molecule has 0 aromatic rings. The molecule has 2 saturated carbocycles. The van der Waals surface area contributed by atoms with Crippen LogP contribution < -0.4 is 0 Å². The molecule has 16 heteroatoms. The van der Waals surface area contributed by atoms with Crippen LogP contribution in [0.25, 0.3) is 0 Å². The molecule has 0 aromatic carbocycles. The monoisotopic (exact) mass is 745 g/mol. The molecule has 0 radical (unpaired) electrons. The number of ketones is 1. The van der Waals surface area contributed by atoms with E-state index in [2.05, 4.69) is 0 Å². The third-order valence-electron chi connectivity index (χ3n) is 13.1. The molecule has 3 heterocycles. The SMILES string of the molecule is CC1=CC(=O)[C@@H](OC(=O)CC(=O)OCN2C(=O)C=CC2=O)[C@]2(C)C3C4(O)OC[C@@]35C(C[C@@H]12)OC(=O)C(OC(=O)CC(O)(C(C)C)C(C)C)C5[C@@H](C)[C@H]4O. The van der Waals surface area contributed by atoms with E-state index in [9.17, 15) is 48.9 Å². The summed E-state index contributed by atoms with van der Waals surface area (Å²) in [5.41, 5.74) is -3.83. The van der Waals surface area contributed by atoms with Crippen molar-refractivity contribution < 1.29 is 72.6 Å². The number of amides is 2. The lowest BCUT2D eigenvalue weighted by molar-refractivity contribution is -0.340. The zero-order valence-electron chi connectivity index (χ0n) is 30.7. The highest BCUT2D eigenvalue weighted by Crippen LogP contribution is 2.74. The topological polar surface area (TPSA) is 230 Å². The molecular formula is C37H47NO15. The second kappa shape index (κ2) is 13.1. The summed E-state index contributed by atoms with van der Waals surface area (Å²) >= 11 is 0. The van der Waals surface area contributed by atoms with E-state index in [0.29, 0.717) is 10.5 Å². The number of nitrogens with zero attached hydrogens (tertiary/aromatic N) is 1. The van der Waals surface area contributed by atoms with E-state index in [0.717, 1.165) is 12.2 Å². The van der Waals surface area contributed by atoms with Crippen molar-refractivity contribution in [2.45, 2.75) is 104 Å². The van der Waals surface area contributed by atoms with Crippen molar-refractivity contribution in [3.05, 3.63) is 23.8 Å². The first-order valence-electron chi connectivity index (χ1n) is 17.9. The molecule has 11 atom stereocenters. The number of carbonyl (C=O) groups is 7. The fourth-order valence-electron chi connectivity index (χ4n) is 10.4. The van der Waals surface area contributed by atoms with Gasteiger partial charge in [0.05, 0.1) is 18.6 Å². The largest absolute Gasteiger partial charge is 0.459 e. The van der Waals surface area contributed by atoms with Gasteiger partial charge < -0.3 is 39.0 Å². The molecule has 0 aromatic heterocycles. The van der Waals surface area contributed by atoms with E-state index in [1.54, 1.807) is 48.5 Å². The molecule has 53 heavy (non-hydrogen) atoms. The predicted molar refractivity (Wildman–Crippen MR) is 176 cm³/mol. The summed E-state index contributed by atoms with van der Waals surface area (Å²) in [5.74, 6) is -13.0. The number of hydrogen-bond donors (Lipinski definition) is 3. The number of aliphatic hydroxyl groups excluding tert-OH is 1. The fourth-order valence-corrected chi connectivity index (χ4v) is 10.4. The average molecular weight is 746 g/mol. The third kappa shape index (κ3) is 5.66. The van der Waals surface area contributed by atoms with Crippen LogP contribution in [0.2, 0.25) is 0 Å².